The molecule has 138 valence electrons. The average molecular weight is 344 g/mol. The second-order valence-corrected chi connectivity index (χ2v) is 6.67. The highest BCUT2D eigenvalue weighted by Gasteiger charge is 2.32. The SMILES string of the molecule is CCOC(=O)C(NC(=O)C(NC(=O)OC(C)(C)C)C(C)C)C(C)=O. The highest BCUT2D eigenvalue weighted by molar-refractivity contribution is 6.05. The molecule has 0 aliphatic rings. The molecule has 0 fully saturated rings. The molecular weight excluding hydrogens is 316 g/mol. The number of hydrogen-bond donors (Lipinski definition) is 2. The molecule has 2 unspecified atom stereocenters. The predicted molar refractivity (Wildman–Crippen MR) is 87.2 cm³/mol. The van der Waals surface area contributed by atoms with E-state index in [1.807, 2.05) is 0 Å². The van der Waals surface area contributed by atoms with E-state index in [1.54, 1.807) is 41.5 Å². The third kappa shape index (κ3) is 7.94. The minimum atomic E-state index is -1.40. The van der Waals surface area contributed by atoms with E-state index < -0.39 is 41.4 Å². The summed E-state index contributed by atoms with van der Waals surface area (Å²) in [4.78, 5) is 47.6. The molecule has 0 bridgehead atoms. The number of amides is 2. The molecule has 0 aromatic heterocycles. The van der Waals surface area contributed by atoms with E-state index in [2.05, 4.69) is 10.6 Å². The lowest BCUT2D eigenvalue weighted by atomic mass is 10.0. The van der Waals surface area contributed by atoms with E-state index in [0.717, 1.165) is 0 Å². The van der Waals surface area contributed by atoms with E-state index in [9.17, 15) is 19.2 Å². The van der Waals surface area contributed by atoms with Crippen LogP contribution in [0, 0.1) is 5.92 Å². The third-order valence-corrected chi connectivity index (χ3v) is 2.84. The molecule has 0 saturated carbocycles. The van der Waals surface area contributed by atoms with Crippen molar-refractivity contribution in [1.82, 2.24) is 10.6 Å². The largest absolute Gasteiger partial charge is 0.464 e. The molecule has 0 spiro atoms. The molecule has 0 radical (unpaired) electrons. The third-order valence-electron chi connectivity index (χ3n) is 2.84. The van der Waals surface area contributed by atoms with Gasteiger partial charge < -0.3 is 20.1 Å². The van der Waals surface area contributed by atoms with Gasteiger partial charge in [0.15, 0.2) is 11.8 Å². The van der Waals surface area contributed by atoms with Crippen molar-refractivity contribution in [2.45, 2.75) is 66.2 Å². The summed E-state index contributed by atoms with van der Waals surface area (Å²) in [6.45, 7) is 11.4. The average Bonchev–Trinajstić information content (AvgIpc) is 2.39. The Bertz CT molecular complexity index is 481. The maximum atomic E-state index is 12.4. The summed E-state index contributed by atoms with van der Waals surface area (Å²) >= 11 is 0. The number of rotatable bonds is 7. The molecular formula is C16H28N2O6. The molecule has 0 saturated heterocycles. The molecule has 0 aromatic carbocycles. The molecule has 8 heteroatoms. The summed E-state index contributed by atoms with van der Waals surface area (Å²) in [6, 6.07) is -2.37. The van der Waals surface area contributed by atoms with E-state index in [-0.39, 0.29) is 12.5 Å². The van der Waals surface area contributed by atoms with Gasteiger partial charge in [0, 0.05) is 0 Å². The van der Waals surface area contributed by atoms with E-state index in [4.69, 9.17) is 9.47 Å². The van der Waals surface area contributed by atoms with Crippen molar-refractivity contribution < 1.29 is 28.7 Å². The first-order valence-electron chi connectivity index (χ1n) is 7.86. The van der Waals surface area contributed by atoms with Gasteiger partial charge in [0.05, 0.1) is 6.61 Å². The first-order chi connectivity index (χ1) is 10.9. The Balaban J connectivity index is 5.05. The Morgan fingerprint density at radius 2 is 1.58 bits per heavy atom. The number of carbonyl (C=O) groups is 4. The number of alkyl carbamates (subject to hydrolysis) is 1. The van der Waals surface area contributed by atoms with Crippen LogP contribution in [-0.2, 0) is 23.9 Å². The molecule has 0 heterocycles. The fraction of sp³-hybridized carbons (Fsp3) is 0.750. The van der Waals surface area contributed by atoms with Crippen molar-refractivity contribution in [3.63, 3.8) is 0 Å². The fourth-order valence-electron chi connectivity index (χ4n) is 1.75. The van der Waals surface area contributed by atoms with Crippen molar-refractivity contribution in [2.24, 2.45) is 5.92 Å². The van der Waals surface area contributed by atoms with Gasteiger partial charge in [-0.2, -0.15) is 0 Å². The zero-order valence-electron chi connectivity index (χ0n) is 15.4. The second-order valence-electron chi connectivity index (χ2n) is 6.67. The van der Waals surface area contributed by atoms with Gasteiger partial charge in [0.2, 0.25) is 5.91 Å². The summed E-state index contributed by atoms with van der Waals surface area (Å²) in [7, 11) is 0. The van der Waals surface area contributed by atoms with Crippen molar-refractivity contribution in [3.8, 4) is 0 Å². The number of ether oxygens (including phenoxy) is 2. The topological polar surface area (TPSA) is 111 Å². The molecule has 2 N–H and O–H groups in total. The number of carbonyl (C=O) groups excluding carboxylic acids is 4. The Morgan fingerprint density at radius 1 is 1.04 bits per heavy atom. The van der Waals surface area contributed by atoms with E-state index in [1.165, 1.54) is 6.92 Å². The Kier molecular flexibility index (Phi) is 8.43. The van der Waals surface area contributed by atoms with Gasteiger partial charge in [0.25, 0.3) is 0 Å². The van der Waals surface area contributed by atoms with Crippen LogP contribution in [0.3, 0.4) is 0 Å². The van der Waals surface area contributed by atoms with Gasteiger partial charge in [0.1, 0.15) is 11.6 Å². The zero-order chi connectivity index (χ0) is 19.1. The summed E-state index contributed by atoms with van der Waals surface area (Å²) in [5.74, 6) is -2.34. The molecule has 0 aromatic rings. The smallest absolute Gasteiger partial charge is 0.408 e. The summed E-state index contributed by atoms with van der Waals surface area (Å²) in [5, 5.41) is 4.77. The minimum Gasteiger partial charge on any atom is -0.464 e. The molecule has 0 aliphatic heterocycles. The predicted octanol–water partition coefficient (Wildman–Crippen LogP) is 1.17. The first kappa shape index (κ1) is 21.9. The Morgan fingerprint density at radius 3 is 1.96 bits per heavy atom. The van der Waals surface area contributed by atoms with Gasteiger partial charge in [-0.3, -0.25) is 9.59 Å². The number of ketones is 1. The highest BCUT2D eigenvalue weighted by atomic mass is 16.6. The molecule has 8 nitrogen and oxygen atoms in total. The van der Waals surface area contributed by atoms with Crippen LogP contribution in [0.4, 0.5) is 4.79 Å². The molecule has 2 amide bonds. The number of hydrogen-bond acceptors (Lipinski definition) is 6. The standard InChI is InChI=1S/C16H28N2O6/c1-8-23-14(21)12(10(4)19)17-13(20)11(9(2)3)18-15(22)24-16(5,6)7/h9,11-12H,8H2,1-7H3,(H,17,20)(H,18,22). The van der Waals surface area contributed by atoms with Crippen molar-refractivity contribution >= 4 is 23.8 Å². The van der Waals surface area contributed by atoms with Gasteiger partial charge >= 0.3 is 12.1 Å². The van der Waals surface area contributed by atoms with Crippen molar-refractivity contribution in [2.75, 3.05) is 6.61 Å². The molecule has 24 heavy (non-hydrogen) atoms. The van der Waals surface area contributed by atoms with Gasteiger partial charge in [-0.1, -0.05) is 13.8 Å². The lowest BCUT2D eigenvalue weighted by Gasteiger charge is -2.26. The van der Waals surface area contributed by atoms with Crippen LogP contribution in [0.25, 0.3) is 0 Å². The van der Waals surface area contributed by atoms with Crippen LogP contribution in [0.15, 0.2) is 0 Å². The van der Waals surface area contributed by atoms with Gasteiger partial charge in [-0.05, 0) is 40.5 Å². The summed E-state index contributed by atoms with van der Waals surface area (Å²) in [5.41, 5.74) is -0.713. The Hall–Kier alpha value is -2.12. The van der Waals surface area contributed by atoms with E-state index in [0.29, 0.717) is 0 Å². The minimum absolute atomic E-state index is 0.0856. The molecule has 0 aliphatic carbocycles. The fourth-order valence-corrected chi connectivity index (χ4v) is 1.75. The quantitative estimate of drug-likeness (QED) is 0.530. The van der Waals surface area contributed by atoms with Crippen LogP contribution in [-0.4, -0.2) is 48.0 Å². The zero-order valence-corrected chi connectivity index (χ0v) is 15.4. The van der Waals surface area contributed by atoms with Crippen LogP contribution in [0.1, 0.15) is 48.5 Å². The van der Waals surface area contributed by atoms with Crippen LogP contribution in [0.5, 0.6) is 0 Å². The molecule has 0 rings (SSSR count). The maximum Gasteiger partial charge on any atom is 0.408 e. The number of nitrogens with one attached hydrogen (secondary N) is 2. The van der Waals surface area contributed by atoms with Gasteiger partial charge in [-0.25, -0.2) is 9.59 Å². The van der Waals surface area contributed by atoms with E-state index >= 15 is 0 Å². The first-order valence-corrected chi connectivity index (χ1v) is 7.86. The van der Waals surface area contributed by atoms with Crippen molar-refractivity contribution in [3.05, 3.63) is 0 Å². The van der Waals surface area contributed by atoms with Crippen LogP contribution < -0.4 is 10.6 Å². The number of Topliss-reactive ketones (excluding diaryl/α,β-unsaturated/α-hetero) is 1. The monoisotopic (exact) mass is 344 g/mol. The summed E-state index contributed by atoms with van der Waals surface area (Å²) < 4.78 is 9.89. The number of esters is 1. The van der Waals surface area contributed by atoms with Gasteiger partial charge in [-0.15, -0.1) is 0 Å². The summed E-state index contributed by atoms with van der Waals surface area (Å²) in [6.07, 6.45) is -0.758. The normalized spacial score (nSPS) is 13.7. The van der Waals surface area contributed by atoms with Crippen LogP contribution in [0.2, 0.25) is 0 Å². The second kappa shape index (κ2) is 9.24. The van der Waals surface area contributed by atoms with Crippen molar-refractivity contribution in [1.29, 1.82) is 0 Å². The lowest BCUT2D eigenvalue weighted by Crippen LogP contribution is -2.56. The lowest BCUT2D eigenvalue weighted by molar-refractivity contribution is -0.150. The highest BCUT2D eigenvalue weighted by Crippen LogP contribution is 2.09. The Labute approximate surface area is 142 Å². The molecule has 2 atom stereocenters. The van der Waals surface area contributed by atoms with Crippen LogP contribution >= 0.6 is 0 Å². The maximum absolute atomic E-state index is 12.4.